The molecule has 2 aromatic rings. The number of carbonyl (C=O) groups is 1. The van der Waals surface area contributed by atoms with Gasteiger partial charge in [-0.05, 0) is 37.1 Å². The van der Waals surface area contributed by atoms with Gasteiger partial charge < -0.3 is 10.6 Å². The first kappa shape index (κ1) is 15.1. The number of hydrogen-bond donors (Lipinski definition) is 1. The second-order valence-electron chi connectivity index (χ2n) is 5.10. The van der Waals surface area contributed by atoms with E-state index in [1.54, 1.807) is 16.6 Å². The summed E-state index contributed by atoms with van der Waals surface area (Å²) in [6.07, 6.45) is 0.826. The molecule has 0 atom stereocenters. The first-order valence-corrected chi connectivity index (χ1v) is 7.21. The molecule has 0 saturated heterocycles. The number of carbonyl (C=O) groups excluding carboxylic acids is 1. The molecule has 0 aliphatic carbocycles. The topological polar surface area (TPSA) is 64.2 Å². The highest BCUT2D eigenvalue weighted by atomic mass is 16.2. The lowest BCUT2D eigenvalue weighted by atomic mass is 10.2. The van der Waals surface area contributed by atoms with Crippen molar-refractivity contribution in [1.29, 1.82) is 0 Å². The van der Waals surface area contributed by atoms with Gasteiger partial charge in [-0.1, -0.05) is 19.1 Å². The van der Waals surface area contributed by atoms with E-state index in [4.69, 9.17) is 5.73 Å². The van der Waals surface area contributed by atoms with E-state index in [1.165, 1.54) is 0 Å². The van der Waals surface area contributed by atoms with E-state index in [9.17, 15) is 4.79 Å². The molecule has 1 amide bonds. The minimum Gasteiger partial charge on any atom is -0.399 e. The van der Waals surface area contributed by atoms with Crippen LogP contribution in [0.4, 0.5) is 5.69 Å². The summed E-state index contributed by atoms with van der Waals surface area (Å²) in [5, 5.41) is 4.42. The quantitative estimate of drug-likeness (QED) is 0.858. The van der Waals surface area contributed by atoms with Crippen molar-refractivity contribution < 1.29 is 4.79 Å². The zero-order valence-electron chi connectivity index (χ0n) is 12.8. The summed E-state index contributed by atoms with van der Waals surface area (Å²) in [5.41, 5.74) is 9.08. The minimum absolute atomic E-state index is 0.0218. The molecule has 0 spiro atoms. The number of anilines is 1. The molecular weight excluding hydrogens is 264 g/mol. The number of amides is 1. The Labute approximate surface area is 125 Å². The molecule has 0 saturated carbocycles. The van der Waals surface area contributed by atoms with Crippen molar-refractivity contribution in [2.75, 3.05) is 12.8 Å². The van der Waals surface area contributed by atoms with Crippen LogP contribution in [0.2, 0.25) is 0 Å². The fraction of sp³-hybridized carbons (Fsp3) is 0.375. The second kappa shape index (κ2) is 6.43. The monoisotopic (exact) mass is 286 g/mol. The van der Waals surface area contributed by atoms with Gasteiger partial charge in [0.15, 0.2) is 0 Å². The first-order chi connectivity index (χ1) is 10.0. The standard InChI is InChI=1S/C16H22N4O/c1-4-14-10-15(20(5-2)18-14)16(21)19(3)11-12-7-6-8-13(17)9-12/h6-10H,4-5,11,17H2,1-3H3. The van der Waals surface area contributed by atoms with Crippen LogP contribution in [0.25, 0.3) is 0 Å². The predicted molar refractivity (Wildman–Crippen MR) is 83.9 cm³/mol. The number of nitrogens with zero attached hydrogens (tertiary/aromatic N) is 3. The van der Waals surface area contributed by atoms with E-state index in [-0.39, 0.29) is 5.91 Å². The van der Waals surface area contributed by atoms with E-state index in [0.717, 1.165) is 17.7 Å². The molecule has 0 radical (unpaired) electrons. The van der Waals surface area contributed by atoms with Crippen LogP contribution in [-0.4, -0.2) is 27.6 Å². The molecule has 5 heteroatoms. The van der Waals surface area contributed by atoms with Gasteiger partial charge in [-0.3, -0.25) is 9.48 Å². The van der Waals surface area contributed by atoms with Crippen molar-refractivity contribution in [3.05, 3.63) is 47.3 Å². The number of aryl methyl sites for hydroxylation is 2. The van der Waals surface area contributed by atoms with Crippen molar-refractivity contribution in [1.82, 2.24) is 14.7 Å². The van der Waals surface area contributed by atoms with E-state index >= 15 is 0 Å². The second-order valence-corrected chi connectivity index (χ2v) is 5.10. The van der Waals surface area contributed by atoms with Gasteiger partial charge in [-0.2, -0.15) is 5.10 Å². The van der Waals surface area contributed by atoms with Gasteiger partial charge in [0.05, 0.1) is 5.69 Å². The molecule has 2 rings (SSSR count). The van der Waals surface area contributed by atoms with Crippen LogP contribution in [-0.2, 0) is 19.5 Å². The zero-order valence-corrected chi connectivity index (χ0v) is 12.8. The average molecular weight is 286 g/mol. The number of rotatable bonds is 5. The van der Waals surface area contributed by atoms with Gasteiger partial charge in [0.2, 0.25) is 0 Å². The molecule has 0 aliphatic rings. The molecule has 1 aromatic carbocycles. The van der Waals surface area contributed by atoms with E-state index in [0.29, 0.717) is 24.5 Å². The van der Waals surface area contributed by atoms with Crippen molar-refractivity contribution in [2.45, 2.75) is 33.4 Å². The molecule has 5 nitrogen and oxygen atoms in total. The predicted octanol–water partition coefficient (Wildman–Crippen LogP) is 2.32. The molecule has 1 heterocycles. The minimum atomic E-state index is -0.0218. The Bertz CT molecular complexity index is 633. The summed E-state index contributed by atoms with van der Waals surface area (Å²) in [6, 6.07) is 9.47. The Balaban J connectivity index is 2.17. The summed E-state index contributed by atoms with van der Waals surface area (Å²) in [5.74, 6) is -0.0218. The first-order valence-electron chi connectivity index (χ1n) is 7.21. The Kier molecular flexibility index (Phi) is 4.62. The summed E-state index contributed by atoms with van der Waals surface area (Å²) < 4.78 is 1.76. The van der Waals surface area contributed by atoms with Crippen LogP contribution >= 0.6 is 0 Å². The molecule has 21 heavy (non-hydrogen) atoms. The molecular formula is C16H22N4O. The smallest absolute Gasteiger partial charge is 0.272 e. The largest absolute Gasteiger partial charge is 0.399 e. The normalized spacial score (nSPS) is 10.6. The van der Waals surface area contributed by atoms with Gasteiger partial charge in [0.1, 0.15) is 5.69 Å². The average Bonchev–Trinajstić information content (AvgIpc) is 2.89. The summed E-state index contributed by atoms with van der Waals surface area (Å²) in [4.78, 5) is 14.3. The maximum Gasteiger partial charge on any atom is 0.272 e. The van der Waals surface area contributed by atoms with E-state index < -0.39 is 0 Å². The number of nitrogens with two attached hydrogens (primary N) is 1. The lowest BCUT2D eigenvalue weighted by Crippen LogP contribution is -2.28. The highest BCUT2D eigenvalue weighted by molar-refractivity contribution is 5.92. The summed E-state index contributed by atoms with van der Waals surface area (Å²) >= 11 is 0. The Morgan fingerprint density at radius 3 is 2.71 bits per heavy atom. The summed E-state index contributed by atoms with van der Waals surface area (Å²) in [7, 11) is 1.80. The Morgan fingerprint density at radius 1 is 1.33 bits per heavy atom. The third-order valence-electron chi connectivity index (χ3n) is 3.43. The molecule has 2 N–H and O–H groups in total. The third-order valence-corrected chi connectivity index (χ3v) is 3.43. The van der Waals surface area contributed by atoms with Crippen LogP contribution in [0.15, 0.2) is 30.3 Å². The lowest BCUT2D eigenvalue weighted by Gasteiger charge is -2.17. The molecule has 0 fully saturated rings. The zero-order chi connectivity index (χ0) is 15.4. The SMILES string of the molecule is CCc1cc(C(=O)N(C)Cc2cccc(N)c2)n(CC)n1. The molecule has 1 aromatic heterocycles. The molecule has 0 bridgehead atoms. The Hall–Kier alpha value is -2.30. The molecule has 112 valence electrons. The maximum absolute atomic E-state index is 12.6. The third kappa shape index (κ3) is 3.42. The van der Waals surface area contributed by atoms with Gasteiger partial charge in [-0.25, -0.2) is 0 Å². The number of hydrogen-bond acceptors (Lipinski definition) is 3. The van der Waals surface area contributed by atoms with Crippen LogP contribution < -0.4 is 5.73 Å². The maximum atomic E-state index is 12.6. The van der Waals surface area contributed by atoms with Crippen molar-refractivity contribution in [3.8, 4) is 0 Å². The van der Waals surface area contributed by atoms with Gasteiger partial charge >= 0.3 is 0 Å². The van der Waals surface area contributed by atoms with Crippen LogP contribution in [0.1, 0.15) is 35.6 Å². The van der Waals surface area contributed by atoms with Gasteiger partial charge in [0.25, 0.3) is 5.91 Å². The fourth-order valence-corrected chi connectivity index (χ4v) is 2.29. The molecule has 0 unspecified atom stereocenters. The highest BCUT2D eigenvalue weighted by Crippen LogP contribution is 2.13. The van der Waals surface area contributed by atoms with Crippen molar-refractivity contribution in [3.63, 3.8) is 0 Å². The molecule has 0 aliphatic heterocycles. The fourth-order valence-electron chi connectivity index (χ4n) is 2.29. The highest BCUT2D eigenvalue weighted by Gasteiger charge is 2.18. The number of aromatic nitrogens is 2. The van der Waals surface area contributed by atoms with Gasteiger partial charge in [-0.15, -0.1) is 0 Å². The Morgan fingerprint density at radius 2 is 2.10 bits per heavy atom. The van der Waals surface area contributed by atoms with E-state index in [2.05, 4.69) is 5.10 Å². The van der Waals surface area contributed by atoms with E-state index in [1.807, 2.05) is 44.2 Å². The van der Waals surface area contributed by atoms with Crippen LogP contribution in [0.3, 0.4) is 0 Å². The van der Waals surface area contributed by atoms with Crippen LogP contribution in [0.5, 0.6) is 0 Å². The summed E-state index contributed by atoms with van der Waals surface area (Å²) in [6.45, 7) is 5.24. The van der Waals surface area contributed by atoms with Crippen molar-refractivity contribution >= 4 is 11.6 Å². The lowest BCUT2D eigenvalue weighted by molar-refractivity contribution is 0.0773. The van der Waals surface area contributed by atoms with Crippen molar-refractivity contribution in [2.24, 2.45) is 0 Å². The number of nitrogen functional groups attached to an aromatic ring is 1. The van der Waals surface area contributed by atoms with Crippen LogP contribution in [0, 0.1) is 0 Å². The number of benzene rings is 1. The van der Waals surface area contributed by atoms with Gasteiger partial charge in [0, 0.05) is 25.8 Å².